The zero-order valence-electron chi connectivity index (χ0n) is 11.3. The zero-order valence-corrected chi connectivity index (χ0v) is 12.0. The predicted molar refractivity (Wildman–Crippen MR) is 79.1 cm³/mol. The van der Waals surface area contributed by atoms with Crippen molar-refractivity contribution < 1.29 is 0 Å². The third kappa shape index (κ3) is 4.00. The molecular weight excluding hydrogens is 242 g/mol. The number of nitrogens with one attached hydrogen (secondary N) is 1. The van der Waals surface area contributed by atoms with Crippen LogP contribution in [0.15, 0.2) is 24.3 Å². The van der Waals surface area contributed by atoms with Gasteiger partial charge in [0.1, 0.15) is 0 Å². The lowest BCUT2D eigenvalue weighted by molar-refractivity contribution is 0.200. The lowest BCUT2D eigenvalue weighted by Gasteiger charge is -2.34. The first-order valence-electron chi connectivity index (χ1n) is 7.24. The summed E-state index contributed by atoms with van der Waals surface area (Å²) in [6.45, 7) is 4.52. The Morgan fingerprint density at radius 2 is 2.22 bits per heavy atom. The van der Waals surface area contributed by atoms with Crippen molar-refractivity contribution in [2.45, 2.75) is 39.0 Å². The van der Waals surface area contributed by atoms with Gasteiger partial charge in [-0.2, -0.15) is 0 Å². The van der Waals surface area contributed by atoms with Crippen molar-refractivity contribution in [3.8, 4) is 0 Å². The van der Waals surface area contributed by atoms with Gasteiger partial charge in [0.2, 0.25) is 0 Å². The van der Waals surface area contributed by atoms with E-state index in [9.17, 15) is 0 Å². The van der Waals surface area contributed by atoms with Gasteiger partial charge in [0.25, 0.3) is 0 Å². The summed E-state index contributed by atoms with van der Waals surface area (Å²) in [6.07, 6.45) is 6.64. The van der Waals surface area contributed by atoms with E-state index in [4.69, 9.17) is 11.6 Å². The van der Waals surface area contributed by atoms with Crippen LogP contribution in [-0.4, -0.2) is 13.1 Å². The van der Waals surface area contributed by atoms with Crippen molar-refractivity contribution >= 4 is 11.6 Å². The lowest BCUT2D eigenvalue weighted by Crippen LogP contribution is -2.33. The normalized spacial score (nSPS) is 17.4. The molecule has 1 N–H and O–H groups in total. The number of hydrogen-bond acceptors (Lipinski definition) is 1. The molecule has 1 atom stereocenters. The first-order chi connectivity index (χ1) is 8.79. The smallest absolute Gasteiger partial charge is 0.0408 e. The molecule has 1 aromatic rings. The van der Waals surface area contributed by atoms with E-state index in [1.807, 2.05) is 6.07 Å². The summed E-state index contributed by atoms with van der Waals surface area (Å²) in [7, 11) is 0. The summed E-state index contributed by atoms with van der Waals surface area (Å²) < 4.78 is 0. The molecule has 0 bridgehead atoms. The second-order valence-corrected chi connectivity index (χ2v) is 5.93. The van der Waals surface area contributed by atoms with E-state index in [1.165, 1.54) is 37.7 Å². The largest absolute Gasteiger partial charge is 0.316 e. The van der Waals surface area contributed by atoms with Gasteiger partial charge in [-0.25, -0.2) is 0 Å². The van der Waals surface area contributed by atoms with Gasteiger partial charge >= 0.3 is 0 Å². The molecule has 0 saturated heterocycles. The van der Waals surface area contributed by atoms with Gasteiger partial charge in [-0.3, -0.25) is 0 Å². The first-order valence-corrected chi connectivity index (χ1v) is 7.62. The molecule has 2 rings (SSSR count). The summed E-state index contributed by atoms with van der Waals surface area (Å²) in [6, 6.07) is 8.35. The highest BCUT2D eigenvalue weighted by Crippen LogP contribution is 2.35. The van der Waals surface area contributed by atoms with Gasteiger partial charge in [0, 0.05) is 5.02 Å². The number of benzene rings is 1. The molecule has 0 heterocycles. The predicted octanol–water partition coefficient (Wildman–Crippen LogP) is 4.30. The SMILES string of the molecule is CCCNCC(Cc1cccc(Cl)c1)C1CCC1. The Kier molecular flexibility index (Phi) is 5.52. The maximum atomic E-state index is 6.07. The molecular formula is C16H24ClN. The van der Waals surface area contributed by atoms with Crippen LogP contribution in [0.25, 0.3) is 0 Å². The standard InChI is InChI=1S/C16H24ClN/c1-2-9-18-12-15(14-6-4-7-14)10-13-5-3-8-16(17)11-13/h3,5,8,11,14-15,18H,2,4,6-7,9-10,12H2,1H3. The fourth-order valence-electron chi connectivity index (χ4n) is 2.75. The van der Waals surface area contributed by atoms with Crippen LogP contribution in [0.1, 0.15) is 38.2 Å². The monoisotopic (exact) mass is 265 g/mol. The second kappa shape index (κ2) is 7.16. The average molecular weight is 266 g/mol. The second-order valence-electron chi connectivity index (χ2n) is 5.49. The van der Waals surface area contributed by atoms with Gasteiger partial charge in [-0.05, 0) is 55.5 Å². The molecule has 0 spiro atoms. The molecule has 1 aliphatic rings. The van der Waals surface area contributed by atoms with E-state index in [1.54, 1.807) is 0 Å². The third-order valence-corrected chi connectivity index (χ3v) is 4.27. The zero-order chi connectivity index (χ0) is 12.8. The van der Waals surface area contributed by atoms with Crippen molar-refractivity contribution in [1.82, 2.24) is 5.32 Å². The summed E-state index contributed by atoms with van der Waals surface area (Å²) in [5.74, 6) is 1.71. The molecule has 1 unspecified atom stereocenters. The Morgan fingerprint density at radius 1 is 1.39 bits per heavy atom. The van der Waals surface area contributed by atoms with Gasteiger partial charge in [-0.15, -0.1) is 0 Å². The van der Waals surface area contributed by atoms with E-state index in [-0.39, 0.29) is 0 Å². The molecule has 100 valence electrons. The third-order valence-electron chi connectivity index (χ3n) is 4.04. The molecule has 0 aliphatic heterocycles. The van der Waals surface area contributed by atoms with E-state index >= 15 is 0 Å². The van der Waals surface area contributed by atoms with E-state index < -0.39 is 0 Å². The summed E-state index contributed by atoms with van der Waals surface area (Å²) in [5.41, 5.74) is 1.39. The Bertz CT molecular complexity index is 360. The highest BCUT2D eigenvalue weighted by molar-refractivity contribution is 6.30. The Labute approximate surface area is 116 Å². The van der Waals surface area contributed by atoms with Gasteiger partial charge < -0.3 is 5.32 Å². The summed E-state index contributed by atoms with van der Waals surface area (Å²) >= 11 is 6.07. The molecule has 2 heteroatoms. The topological polar surface area (TPSA) is 12.0 Å². The maximum Gasteiger partial charge on any atom is 0.0408 e. The van der Waals surface area contributed by atoms with Crippen LogP contribution in [0.2, 0.25) is 5.02 Å². The van der Waals surface area contributed by atoms with Gasteiger partial charge in [0.15, 0.2) is 0 Å². The van der Waals surface area contributed by atoms with Crippen molar-refractivity contribution in [3.63, 3.8) is 0 Å². The summed E-state index contributed by atoms with van der Waals surface area (Å²) in [5, 5.41) is 4.45. The van der Waals surface area contributed by atoms with Crippen LogP contribution in [0, 0.1) is 11.8 Å². The van der Waals surface area contributed by atoms with E-state index in [0.29, 0.717) is 0 Å². The van der Waals surface area contributed by atoms with Crippen LogP contribution in [0.5, 0.6) is 0 Å². The molecule has 0 aromatic heterocycles. The lowest BCUT2D eigenvalue weighted by atomic mass is 9.73. The van der Waals surface area contributed by atoms with Crippen LogP contribution < -0.4 is 5.32 Å². The fraction of sp³-hybridized carbons (Fsp3) is 0.625. The van der Waals surface area contributed by atoms with Crippen molar-refractivity contribution in [2.24, 2.45) is 11.8 Å². The minimum Gasteiger partial charge on any atom is -0.316 e. The Morgan fingerprint density at radius 3 is 2.83 bits per heavy atom. The van der Waals surface area contributed by atoms with Crippen LogP contribution in [0.4, 0.5) is 0 Å². The average Bonchev–Trinajstić information content (AvgIpc) is 2.27. The highest BCUT2D eigenvalue weighted by atomic mass is 35.5. The van der Waals surface area contributed by atoms with Crippen molar-refractivity contribution in [1.29, 1.82) is 0 Å². The molecule has 1 fully saturated rings. The van der Waals surface area contributed by atoms with Gasteiger partial charge in [0.05, 0.1) is 0 Å². The highest BCUT2D eigenvalue weighted by Gasteiger charge is 2.26. The molecule has 1 aromatic carbocycles. The maximum absolute atomic E-state index is 6.07. The van der Waals surface area contributed by atoms with E-state index in [0.717, 1.165) is 29.9 Å². The van der Waals surface area contributed by atoms with Crippen LogP contribution in [-0.2, 0) is 6.42 Å². The van der Waals surface area contributed by atoms with Crippen LogP contribution in [0.3, 0.4) is 0 Å². The molecule has 1 nitrogen and oxygen atoms in total. The first kappa shape index (κ1) is 13.9. The molecule has 0 radical (unpaired) electrons. The minimum absolute atomic E-state index is 0.781. The Balaban J connectivity index is 1.91. The number of rotatable bonds is 7. The summed E-state index contributed by atoms with van der Waals surface area (Å²) in [4.78, 5) is 0. The fourth-order valence-corrected chi connectivity index (χ4v) is 2.96. The number of hydrogen-bond donors (Lipinski definition) is 1. The quantitative estimate of drug-likeness (QED) is 0.725. The van der Waals surface area contributed by atoms with Crippen LogP contribution >= 0.6 is 11.6 Å². The number of halogens is 1. The van der Waals surface area contributed by atoms with Crippen molar-refractivity contribution in [3.05, 3.63) is 34.9 Å². The molecule has 0 amide bonds. The molecule has 18 heavy (non-hydrogen) atoms. The molecule has 1 aliphatic carbocycles. The Hall–Kier alpha value is -0.530. The van der Waals surface area contributed by atoms with Crippen molar-refractivity contribution in [2.75, 3.05) is 13.1 Å². The minimum atomic E-state index is 0.781. The van der Waals surface area contributed by atoms with Gasteiger partial charge in [-0.1, -0.05) is 49.9 Å². The van der Waals surface area contributed by atoms with E-state index in [2.05, 4.69) is 30.4 Å². The molecule has 1 saturated carbocycles.